The third-order valence-electron chi connectivity index (χ3n) is 5.11. The number of morpholine rings is 1. The van der Waals surface area contributed by atoms with Crippen molar-refractivity contribution in [3.05, 3.63) is 57.5 Å². The number of benzene rings is 1. The first-order valence-corrected chi connectivity index (χ1v) is 9.70. The number of hydrogen-bond acceptors (Lipinski definition) is 8. The van der Waals surface area contributed by atoms with E-state index < -0.39 is 17.4 Å². The summed E-state index contributed by atoms with van der Waals surface area (Å²) in [5.41, 5.74) is 0.972. The quantitative estimate of drug-likeness (QED) is 0.605. The SMILES string of the molecule is COC(=O)c1cccc(NC(=O)c2cc3cnc(N4CCOCC4)nc3[nH]c2=O)c1C. The molecule has 2 N–H and O–H groups in total. The van der Waals surface area contributed by atoms with Crippen LogP contribution in [0.2, 0.25) is 0 Å². The number of aromatic nitrogens is 3. The molecule has 1 aliphatic heterocycles. The van der Waals surface area contributed by atoms with Crippen molar-refractivity contribution in [2.45, 2.75) is 6.92 Å². The fraction of sp³-hybridized carbons (Fsp3) is 0.286. The van der Waals surface area contributed by atoms with Crippen LogP contribution in [0.5, 0.6) is 0 Å². The van der Waals surface area contributed by atoms with Gasteiger partial charge in [0.2, 0.25) is 5.95 Å². The molecule has 3 heterocycles. The van der Waals surface area contributed by atoms with Gasteiger partial charge >= 0.3 is 5.97 Å². The zero-order valence-corrected chi connectivity index (χ0v) is 17.1. The van der Waals surface area contributed by atoms with E-state index in [2.05, 4.69) is 20.3 Å². The fourth-order valence-electron chi connectivity index (χ4n) is 3.36. The lowest BCUT2D eigenvalue weighted by Gasteiger charge is -2.26. The van der Waals surface area contributed by atoms with Gasteiger partial charge in [-0.2, -0.15) is 4.98 Å². The smallest absolute Gasteiger partial charge is 0.338 e. The number of anilines is 2. The van der Waals surface area contributed by atoms with Crippen molar-refractivity contribution < 1.29 is 19.1 Å². The van der Waals surface area contributed by atoms with Crippen molar-refractivity contribution in [2.75, 3.05) is 43.6 Å². The number of amides is 1. The second kappa shape index (κ2) is 8.52. The Labute approximate surface area is 177 Å². The minimum Gasteiger partial charge on any atom is -0.465 e. The molecule has 0 spiro atoms. The molecule has 0 aliphatic carbocycles. The van der Waals surface area contributed by atoms with Crippen LogP contribution in [0.15, 0.2) is 35.3 Å². The third-order valence-corrected chi connectivity index (χ3v) is 5.11. The first-order valence-electron chi connectivity index (χ1n) is 9.70. The average Bonchev–Trinajstić information content (AvgIpc) is 2.79. The Balaban J connectivity index is 1.62. The van der Waals surface area contributed by atoms with Gasteiger partial charge in [-0.1, -0.05) is 6.07 Å². The van der Waals surface area contributed by atoms with Crippen LogP contribution in [0.3, 0.4) is 0 Å². The Morgan fingerprint density at radius 1 is 1.23 bits per heavy atom. The minimum absolute atomic E-state index is 0.0851. The van der Waals surface area contributed by atoms with E-state index >= 15 is 0 Å². The van der Waals surface area contributed by atoms with E-state index in [9.17, 15) is 14.4 Å². The van der Waals surface area contributed by atoms with Crippen molar-refractivity contribution in [1.29, 1.82) is 0 Å². The Kier molecular flexibility index (Phi) is 5.63. The van der Waals surface area contributed by atoms with Crippen molar-refractivity contribution in [3.63, 3.8) is 0 Å². The molecule has 0 radical (unpaired) electrons. The molecular formula is C21H21N5O5. The number of carbonyl (C=O) groups excluding carboxylic acids is 2. The largest absolute Gasteiger partial charge is 0.465 e. The number of pyridine rings is 1. The topological polar surface area (TPSA) is 127 Å². The van der Waals surface area contributed by atoms with E-state index in [0.29, 0.717) is 60.1 Å². The molecule has 1 aliphatic rings. The molecule has 4 rings (SSSR count). The number of carbonyl (C=O) groups is 2. The molecule has 1 aromatic carbocycles. The molecule has 1 amide bonds. The van der Waals surface area contributed by atoms with Crippen LogP contribution in [0, 0.1) is 6.92 Å². The molecule has 2 aromatic heterocycles. The zero-order chi connectivity index (χ0) is 22.0. The van der Waals surface area contributed by atoms with Crippen molar-refractivity contribution in [1.82, 2.24) is 15.0 Å². The average molecular weight is 423 g/mol. The van der Waals surface area contributed by atoms with Crippen LogP contribution in [-0.2, 0) is 9.47 Å². The lowest BCUT2D eigenvalue weighted by Crippen LogP contribution is -2.37. The summed E-state index contributed by atoms with van der Waals surface area (Å²) in [6.07, 6.45) is 1.57. The third kappa shape index (κ3) is 4.10. The van der Waals surface area contributed by atoms with Gasteiger partial charge in [-0.15, -0.1) is 0 Å². The van der Waals surface area contributed by atoms with E-state index in [0.717, 1.165) is 0 Å². The van der Waals surface area contributed by atoms with E-state index in [4.69, 9.17) is 9.47 Å². The van der Waals surface area contributed by atoms with Crippen LogP contribution in [0.25, 0.3) is 11.0 Å². The molecule has 0 saturated carbocycles. The molecule has 3 aromatic rings. The highest BCUT2D eigenvalue weighted by molar-refractivity contribution is 6.06. The van der Waals surface area contributed by atoms with Crippen LogP contribution >= 0.6 is 0 Å². The number of nitrogens with zero attached hydrogens (tertiary/aromatic N) is 3. The predicted octanol–water partition coefficient (Wildman–Crippen LogP) is 1.50. The molecular weight excluding hydrogens is 402 g/mol. The number of nitrogens with one attached hydrogen (secondary N) is 2. The molecule has 31 heavy (non-hydrogen) atoms. The summed E-state index contributed by atoms with van der Waals surface area (Å²) in [5.74, 6) is -0.616. The number of fused-ring (bicyclic) bond motifs is 1. The number of H-pyrrole nitrogens is 1. The first kappa shape index (κ1) is 20.5. The van der Waals surface area contributed by atoms with Crippen LogP contribution < -0.4 is 15.8 Å². The van der Waals surface area contributed by atoms with Crippen LogP contribution in [0.1, 0.15) is 26.3 Å². The van der Waals surface area contributed by atoms with Crippen molar-refractivity contribution >= 4 is 34.5 Å². The molecule has 1 saturated heterocycles. The summed E-state index contributed by atoms with van der Waals surface area (Å²) in [7, 11) is 1.29. The second-order valence-corrected chi connectivity index (χ2v) is 7.01. The normalized spacial score (nSPS) is 13.8. The van der Waals surface area contributed by atoms with Gasteiger partial charge in [0.05, 0.1) is 25.9 Å². The summed E-state index contributed by atoms with van der Waals surface area (Å²) in [6, 6.07) is 6.32. The maximum atomic E-state index is 12.8. The van der Waals surface area contributed by atoms with Gasteiger partial charge in [0, 0.05) is 30.4 Å². The Morgan fingerprint density at radius 3 is 2.74 bits per heavy atom. The van der Waals surface area contributed by atoms with E-state index in [1.165, 1.54) is 13.2 Å². The monoisotopic (exact) mass is 423 g/mol. The van der Waals surface area contributed by atoms with Crippen molar-refractivity contribution in [3.8, 4) is 0 Å². The summed E-state index contributed by atoms with van der Waals surface area (Å²) < 4.78 is 10.1. The Hall–Kier alpha value is -3.79. The number of esters is 1. The number of methoxy groups -OCH3 is 1. The van der Waals surface area contributed by atoms with Crippen LogP contribution in [-0.4, -0.2) is 60.2 Å². The first-order chi connectivity index (χ1) is 15.0. The van der Waals surface area contributed by atoms with E-state index in [-0.39, 0.29) is 5.56 Å². The summed E-state index contributed by atoms with van der Waals surface area (Å²) in [5, 5.41) is 3.21. The van der Waals surface area contributed by atoms with Crippen LogP contribution in [0.4, 0.5) is 11.6 Å². The lowest BCUT2D eigenvalue weighted by molar-refractivity contribution is 0.0599. The predicted molar refractivity (Wildman–Crippen MR) is 114 cm³/mol. The Morgan fingerprint density at radius 2 is 2.00 bits per heavy atom. The molecule has 0 unspecified atom stereocenters. The Bertz CT molecular complexity index is 1220. The number of ether oxygens (including phenoxy) is 2. The van der Waals surface area contributed by atoms with Gasteiger partial charge in [-0.25, -0.2) is 9.78 Å². The van der Waals surface area contributed by atoms with Crippen molar-refractivity contribution in [2.24, 2.45) is 0 Å². The molecule has 160 valence electrons. The highest BCUT2D eigenvalue weighted by Crippen LogP contribution is 2.21. The highest BCUT2D eigenvalue weighted by Gasteiger charge is 2.18. The van der Waals surface area contributed by atoms with Gasteiger partial charge in [0.15, 0.2) is 0 Å². The van der Waals surface area contributed by atoms with Gasteiger partial charge in [-0.05, 0) is 30.7 Å². The van der Waals surface area contributed by atoms with Gasteiger partial charge in [0.1, 0.15) is 11.2 Å². The molecule has 10 nitrogen and oxygen atoms in total. The molecule has 0 atom stereocenters. The zero-order valence-electron chi connectivity index (χ0n) is 17.1. The number of aromatic amines is 1. The van der Waals surface area contributed by atoms with E-state index in [1.54, 1.807) is 31.3 Å². The molecule has 10 heteroatoms. The van der Waals surface area contributed by atoms with Gasteiger partial charge in [0.25, 0.3) is 11.5 Å². The van der Waals surface area contributed by atoms with Gasteiger partial charge < -0.3 is 24.7 Å². The van der Waals surface area contributed by atoms with E-state index in [1.807, 2.05) is 4.90 Å². The highest BCUT2D eigenvalue weighted by atomic mass is 16.5. The summed E-state index contributed by atoms with van der Waals surface area (Å²) >= 11 is 0. The summed E-state index contributed by atoms with van der Waals surface area (Å²) in [6.45, 7) is 4.20. The maximum Gasteiger partial charge on any atom is 0.338 e. The molecule has 0 bridgehead atoms. The standard InChI is InChI=1S/C21H21N5O5/c1-12-14(20(29)30-2)4-3-5-16(12)23-18(27)15-10-13-11-22-21(25-17(13)24-19(15)28)26-6-8-31-9-7-26/h3-5,10-11H,6-9H2,1-2H3,(H,23,27)(H,22,24,25,28). The maximum absolute atomic E-state index is 12.8. The fourth-order valence-corrected chi connectivity index (χ4v) is 3.36. The lowest BCUT2D eigenvalue weighted by atomic mass is 10.1. The number of rotatable bonds is 4. The minimum atomic E-state index is -0.606. The van der Waals surface area contributed by atoms with Gasteiger partial charge in [-0.3, -0.25) is 9.59 Å². The molecule has 1 fully saturated rings. The summed E-state index contributed by atoms with van der Waals surface area (Å²) in [4.78, 5) is 50.6. The second-order valence-electron chi connectivity index (χ2n) is 7.01. The number of hydrogen-bond donors (Lipinski definition) is 2.